The molecule has 0 spiro atoms. The smallest absolute Gasteiger partial charge is 0.262 e. The fourth-order valence-corrected chi connectivity index (χ4v) is 3.18. The van der Waals surface area contributed by atoms with Gasteiger partial charge in [-0.15, -0.1) is 10.2 Å². The maximum Gasteiger partial charge on any atom is 0.262 e. The van der Waals surface area contributed by atoms with E-state index in [1.54, 1.807) is 36.0 Å². The predicted octanol–water partition coefficient (Wildman–Crippen LogP) is 3.35. The molecule has 27 heavy (non-hydrogen) atoms. The minimum absolute atomic E-state index is 0.155. The molecule has 4 aromatic rings. The van der Waals surface area contributed by atoms with E-state index in [0.717, 1.165) is 18.2 Å². The molecule has 4 rings (SSSR count). The largest absolute Gasteiger partial charge is 0.308 e. The van der Waals surface area contributed by atoms with Gasteiger partial charge in [0.05, 0.1) is 11.9 Å². The molecule has 0 atom stereocenters. The normalized spacial score (nSPS) is 10.9. The number of halogens is 2. The first kappa shape index (κ1) is 17.0. The molecule has 1 aromatic carbocycles. The summed E-state index contributed by atoms with van der Waals surface area (Å²) in [4.78, 5) is 12.7. The van der Waals surface area contributed by atoms with E-state index in [9.17, 15) is 13.6 Å². The number of anilines is 1. The van der Waals surface area contributed by atoms with Gasteiger partial charge in [0, 0.05) is 18.5 Å². The molecule has 1 N–H and O–H groups in total. The zero-order valence-electron chi connectivity index (χ0n) is 13.9. The molecular formula is C17H12F2N6OS. The molecule has 0 radical (unpaired) electrons. The van der Waals surface area contributed by atoms with Crippen LogP contribution in [0, 0.1) is 18.6 Å². The summed E-state index contributed by atoms with van der Waals surface area (Å²) in [6.07, 6.45) is 4.74. The number of carbonyl (C=O) groups is 1. The molecule has 136 valence electrons. The lowest BCUT2D eigenvalue weighted by molar-refractivity contribution is 0.102. The lowest BCUT2D eigenvalue weighted by Gasteiger charge is -2.11. The van der Waals surface area contributed by atoms with Crippen LogP contribution in [-0.4, -0.2) is 30.5 Å². The Morgan fingerprint density at radius 2 is 1.81 bits per heavy atom. The van der Waals surface area contributed by atoms with E-state index in [1.807, 2.05) is 0 Å². The van der Waals surface area contributed by atoms with Crippen LogP contribution in [0.4, 0.5) is 13.9 Å². The van der Waals surface area contributed by atoms with Gasteiger partial charge in [0.2, 0.25) is 5.13 Å². The van der Waals surface area contributed by atoms with Gasteiger partial charge in [-0.1, -0.05) is 11.3 Å². The summed E-state index contributed by atoms with van der Waals surface area (Å²) >= 11 is 1.23. The molecule has 0 aliphatic heterocycles. The Morgan fingerprint density at radius 3 is 2.44 bits per heavy atom. The summed E-state index contributed by atoms with van der Waals surface area (Å²) in [5.41, 5.74) is 0.366. The van der Waals surface area contributed by atoms with Crippen molar-refractivity contribution in [2.75, 3.05) is 5.32 Å². The fourth-order valence-electron chi connectivity index (χ4n) is 2.59. The zero-order chi connectivity index (χ0) is 19.0. The summed E-state index contributed by atoms with van der Waals surface area (Å²) in [6, 6.07) is 6.57. The summed E-state index contributed by atoms with van der Waals surface area (Å²) in [5, 5.41) is 15.6. The van der Waals surface area contributed by atoms with Crippen LogP contribution in [0.1, 0.15) is 15.4 Å². The Bertz CT molecular complexity index is 1100. The number of benzene rings is 1. The Hall–Kier alpha value is -3.40. The molecule has 10 heteroatoms. The average Bonchev–Trinajstić information content (AvgIpc) is 3.33. The standard InChI is InChI=1S/C17H12F2N6OS/c1-10-22-23-17(27-10)21-15(26)14-9-20-25(16(14)24-4-2-3-5-24)13-7-11(18)6-12(19)8-13/h2-9H,1H3,(H,21,23,26). The van der Waals surface area contributed by atoms with Gasteiger partial charge in [-0.2, -0.15) is 5.10 Å². The molecule has 0 saturated heterocycles. The van der Waals surface area contributed by atoms with Crippen LogP contribution in [0.5, 0.6) is 0 Å². The number of amides is 1. The van der Waals surface area contributed by atoms with Gasteiger partial charge in [0.25, 0.3) is 5.91 Å². The second-order valence-corrected chi connectivity index (χ2v) is 6.77. The van der Waals surface area contributed by atoms with Crippen LogP contribution in [0.15, 0.2) is 48.9 Å². The SMILES string of the molecule is Cc1nnc(NC(=O)c2cnn(-c3cc(F)cc(F)c3)c2-n2cccc2)s1. The number of nitrogens with zero attached hydrogens (tertiary/aromatic N) is 5. The van der Waals surface area contributed by atoms with Crippen molar-refractivity contribution in [2.45, 2.75) is 6.92 Å². The van der Waals surface area contributed by atoms with Crippen LogP contribution >= 0.6 is 11.3 Å². The molecular weight excluding hydrogens is 374 g/mol. The molecule has 1 amide bonds. The van der Waals surface area contributed by atoms with Crippen LogP contribution in [0.2, 0.25) is 0 Å². The average molecular weight is 386 g/mol. The number of carbonyl (C=O) groups excluding carboxylic acids is 1. The summed E-state index contributed by atoms with van der Waals surface area (Å²) < 4.78 is 30.3. The number of hydrogen-bond donors (Lipinski definition) is 1. The van der Waals surface area contributed by atoms with Crippen LogP contribution < -0.4 is 5.32 Å². The highest BCUT2D eigenvalue weighted by Gasteiger charge is 2.21. The van der Waals surface area contributed by atoms with Crippen molar-refractivity contribution >= 4 is 22.4 Å². The van der Waals surface area contributed by atoms with E-state index < -0.39 is 17.5 Å². The Balaban J connectivity index is 1.81. The highest BCUT2D eigenvalue weighted by molar-refractivity contribution is 7.15. The van der Waals surface area contributed by atoms with Crippen molar-refractivity contribution in [3.8, 4) is 11.5 Å². The quantitative estimate of drug-likeness (QED) is 0.583. The van der Waals surface area contributed by atoms with E-state index in [2.05, 4.69) is 20.6 Å². The Morgan fingerprint density at radius 1 is 1.11 bits per heavy atom. The van der Waals surface area contributed by atoms with Gasteiger partial charge in [-0.25, -0.2) is 13.5 Å². The maximum absolute atomic E-state index is 13.7. The van der Waals surface area contributed by atoms with E-state index >= 15 is 0 Å². The van der Waals surface area contributed by atoms with Gasteiger partial charge < -0.3 is 4.57 Å². The fraction of sp³-hybridized carbons (Fsp3) is 0.0588. The van der Waals surface area contributed by atoms with Crippen LogP contribution in [0.25, 0.3) is 11.5 Å². The van der Waals surface area contributed by atoms with Gasteiger partial charge in [-0.05, 0) is 31.2 Å². The van der Waals surface area contributed by atoms with E-state index in [0.29, 0.717) is 16.0 Å². The molecule has 0 saturated carbocycles. The molecule has 3 heterocycles. The maximum atomic E-state index is 13.7. The highest BCUT2D eigenvalue weighted by atomic mass is 32.1. The number of aromatic nitrogens is 5. The first-order chi connectivity index (χ1) is 13.0. The molecule has 3 aromatic heterocycles. The minimum atomic E-state index is -0.741. The van der Waals surface area contributed by atoms with Crippen LogP contribution in [-0.2, 0) is 0 Å². The third-order valence-electron chi connectivity index (χ3n) is 3.68. The molecule has 0 aliphatic rings. The summed E-state index contributed by atoms with van der Waals surface area (Å²) in [5.74, 6) is -1.61. The molecule has 0 bridgehead atoms. The minimum Gasteiger partial charge on any atom is -0.308 e. The first-order valence-electron chi connectivity index (χ1n) is 7.80. The number of nitrogens with one attached hydrogen (secondary N) is 1. The van der Waals surface area contributed by atoms with Gasteiger partial charge >= 0.3 is 0 Å². The van der Waals surface area contributed by atoms with Crippen molar-refractivity contribution in [1.82, 2.24) is 24.5 Å². The van der Waals surface area contributed by atoms with E-state index in [4.69, 9.17) is 0 Å². The van der Waals surface area contributed by atoms with Crippen molar-refractivity contribution in [3.05, 3.63) is 71.1 Å². The second-order valence-electron chi connectivity index (χ2n) is 5.59. The third kappa shape index (κ3) is 3.34. The van der Waals surface area contributed by atoms with E-state index in [-0.39, 0.29) is 11.3 Å². The van der Waals surface area contributed by atoms with Crippen molar-refractivity contribution in [1.29, 1.82) is 0 Å². The number of hydrogen-bond acceptors (Lipinski definition) is 5. The number of aryl methyl sites for hydroxylation is 1. The van der Waals surface area contributed by atoms with Crippen molar-refractivity contribution in [3.63, 3.8) is 0 Å². The monoisotopic (exact) mass is 386 g/mol. The third-order valence-corrected chi connectivity index (χ3v) is 4.43. The molecule has 0 unspecified atom stereocenters. The predicted molar refractivity (Wildman–Crippen MR) is 95.4 cm³/mol. The van der Waals surface area contributed by atoms with Crippen LogP contribution in [0.3, 0.4) is 0 Å². The molecule has 0 aliphatic carbocycles. The Labute approximate surface area is 155 Å². The number of rotatable bonds is 4. The topological polar surface area (TPSA) is 77.6 Å². The molecule has 7 nitrogen and oxygen atoms in total. The van der Waals surface area contributed by atoms with Gasteiger partial charge in [0.15, 0.2) is 5.82 Å². The Kier molecular flexibility index (Phi) is 4.24. The highest BCUT2D eigenvalue weighted by Crippen LogP contribution is 2.23. The second kappa shape index (κ2) is 6.72. The zero-order valence-corrected chi connectivity index (χ0v) is 14.7. The lowest BCUT2D eigenvalue weighted by Crippen LogP contribution is -2.15. The summed E-state index contributed by atoms with van der Waals surface area (Å²) in [6.45, 7) is 1.77. The first-order valence-corrected chi connectivity index (χ1v) is 8.62. The van der Waals surface area contributed by atoms with Crippen molar-refractivity contribution in [2.24, 2.45) is 0 Å². The summed E-state index contributed by atoms with van der Waals surface area (Å²) in [7, 11) is 0. The lowest BCUT2D eigenvalue weighted by atomic mass is 10.2. The molecule has 0 fully saturated rings. The van der Waals surface area contributed by atoms with E-state index in [1.165, 1.54) is 22.2 Å². The van der Waals surface area contributed by atoms with Gasteiger partial charge in [0.1, 0.15) is 22.2 Å². The van der Waals surface area contributed by atoms with Gasteiger partial charge in [-0.3, -0.25) is 10.1 Å². The van der Waals surface area contributed by atoms with Crippen molar-refractivity contribution < 1.29 is 13.6 Å².